The van der Waals surface area contributed by atoms with E-state index in [0.717, 1.165) is 18.5 Å². The van der Waals surface area contributed by atoms with Crippen molar-refractivity contribution >= 4 is 17.4 Å². The van der Waals surface area contributed by atoms with Crippen LogP contribution in [-0.4, -0.2) is 51.8 Å². The molecule has 1 fully saturated rings. The van der Waals surface area contributed by atoms with Gasteiger partial charge in [-0.15, -0.1) is 0 Å². The van der Waals surface area contributed by atoms with Crippen LogP contribution in [0.2, 0.25) is 0 Å². The number of urea groups is 1. The predicted molar refractivity (Wildman–Crippen MR) is 153 cm³/mol. The molecule has 0 aromatic carbocycles. The highest BCUT2D eigenvalue weighted by atomic mass is 16.5. The highest BCUT2D eigenvalue weighted by Crippen LogP contribution is 2.32. The third kappa shape index (κ3) is 8.74. The molecule has 204 valence electrons. The average Bonchev–Trinajstić information content (AvgIpc) is 3.53. The molecule has 0 radical (unpaired) electrons. The van der Waals surface area contributed by atoms with E-state index in [0.29, 0.717) is 29.7 Å². The number of anilines is 1. The molecule has 2 N–H and O–H groups in total. The Balaban J connectivity index is 0.000000410. The lowest BCUT2D eigenvalue weighted by atomic mass is 10.0. The average molecular weight is 511 g/mol. The first-order chi connectivity index (χ1) is 17.9. The van der Waals surface area contributed by atoms with Crippen LogP contribution in [0.15, 0.2) is 53.7 Å². The summed E-state index contributed by atoms with van der Waals surface area (Å²) in [4.78, 5) is 19.0. The zero-order valence-corrected chi connectivity index (χ0v) is 23.8. The fourth-order valence-electron chi connectivity index (χ4n) is 4.18. The smallest absolute Gasteiger partial charge is 0.326 e. The normalized spacial score (nSPS) is 16.7. The molecule has 3 rings (SSSR count). The Morgan fingerprint density at radius 1 is 1.27 bits per heavy atom. The maximum absolute atomic E-state index is 13.0. The van der Waals surface area contributed by atoms with E-state index in [-0.39, 0.29) is 6.03 Å². The number of hydrogen-bond acceptors (Lipinski definition) is 5. The van der Waals surface area contributed by atoms with Gasteiger partial charge in [0.05, 0.1) is 19.0 Å². The molecule has 1 atom stereocenters. The number of aromatic nitrogens is 3. The summed E-state index contributed by atoms with van der Waals surface area (Å²) in [6, 6.07) is 2.28. The Morgan fingerprint density at radius 2 is 2.05 bits per heavy atom. The molecular weight excluding hydrogens is 464 g/mol. The minimum Gasteiger partial charge on any atom is -0.493 e. The summed E-state index contributed by atoms with van der Waals surface area (Å²) in [5.41, 5.74) is 4.59. The predicted octanol–water partition coefficient (Wildman–Crippen LogP) is 6.73. The Morgan fingerprint density at radius 3 is 2.70 bits per heavy atom. The van der Waals surface area contributed by atoms with Gasteiger partial charge in [0.1, 0.15) is 6.33 Å². The van der Waals surface area contributed by atoms with Crippen LogP contribution in [0.25, 0.3) is 5.65 Å². The highest BCUT2D eigenvalue weighted by molar-refractivity contribution is 5.93. The van der Waals surface area contributed by atoms with Crippen molar-refractivity contribution in [1.82, 2.24) is 24.8 Å². The van der Waals surface area contributed by atoms with Crippen molar-refractivity contribution in [1.29, 1.82) is 0 Å². The Kier molecular flexibility index (Phi) is 12.9. The first-order valence-corrected chi connectivity index (χ1v) is 13.6. The molecule has 1 aliphatic rings. The molecule has 0 spiro atoms. The van der Waals surface area contributed by atoms with Gasteiger partial charge >= 0.3 is 6.03 Å². The van der Waals surface area contributed by atoms with Gasteiger partial charge in [-0.2, -0.15) is 5.10 Å². The van der Waals surface area contributed by atoms with Gasteiger partial charge in [-0.05, 0) is 64.1 Å². The first kappa shape index (κ1) is 30.1. The zero-order chi connectivity index (χ0) is 27.2. The lowest BCUT2D eigenvalue weighted by molar-refractivity contribution is 0.229. The van der Waals surface area contributed by atoms with Crippen LogP contribution in [0.3, 0.4) is 0 Å². The molecule has 1 aliphatic heterocycles. The van der Waals surface area contributed by atoms with Crippen molar-refractivity contribution in [2.75, 3.05) is 25.5 Å². The molecule has 8 heteroatoms. The number of rotatable bonds is 10. The van der Waals surface area contributed by atoms with Crippen molar-refractivity contribution in [3.05, 3.63) is 53.7 Å². The van der Waals surface area contributed by atoms with E-state index in [1.54, 1.807) is 28.8 Å². The summed E-state index contributed by atoms with van der Waals surface area (Å²) in [7, 11) is 1.56. The Hall–Kier alpha value is -3.13. The van der Waals surface area contributed by atoms with Crippen LogP contribution in [0.1, 0.15) is 80.1 Å². The van der Waals surface area contributed by atoms with Crippen LogP contribution in [0.5, 0.6) is 5.75 Å². The highest BCUT2D eigenvalue weighted by Gasteiger charge is 2.28. The van der Waals surface area contributed by atoms with Crippen LogP contribution >= 0.6 is 0 Å². The molecule has 37 heavy (non-hydrogen) atoms. The summed E-state index contributed by atoms with van der Waals surface area (Å²) < 4.78 is 7.00. The molecule has 3 heterocycles. The maximum Gasteiger partial charge on any atom is 0.326 e. The van der Waals surface area contributed by atoms with Gasteiger partial charge in [0.2, 0.25) is 0 Å². The van der Waals surface area contributed by atoms with Crippen LogP contribution < -0.4 is 15.4 Å². The number of allylic oxidation sites excluding steroid dienone is 5. The van der Waals surface area contributed by atoms with Crippen molar-refractivity contribution in [2.45, 2.75) is 86.1 Å². The van der Waals surface area contributed by atoms with Gasteiger partial charge in [0.25, 0.3) is 0 Å². The molecule has 0 bridgehead atoms. The summed E-state index contributed by atoms with van der Waals surface area (Å²) >= 11 is 0. The second-order valence-corrected chi connectivity index (χ2v) is 9.28. The van der Waals surface area contributed by atoms with Gasteiger partial charge in [0, 0.05) is 24.4 Å². The SMILES string of the molecule is CCCCCNC(C)CC.C\C=C/C(C)=C1/CCN(C(=O)Nc2cc3ncnn3cc2OC)/C1=C/CC. The minimum atomic E-state index is -0.180. The van der Waals surface area contributed by atoms with Crippen molar-refractivity contribution in [2.24, 2.45) is 0 Å². The quantitative estimate of drug-likeness (QED) is 0.346. The fourth-order valence-corrected chi connectivity index (χ4v) is 4.18. The molecule has 0 aliphatic carbocycles. The van der Waals surface area contributed by atoms with Crippen molar-refractivity contribution in [3.63, 3.8) is 0 Å². The Bertz CT molecular complexity index is 1090. The number of methoxy groups -OCH3 is 1. The molecule has 0 saturated carbocycles. The summed E-state index contributed by atoms with van der Waals surface area (Å²) in [5, 5.41) is 10.5. The molecule has 8 nitrogen and oxygen atoms in total. The summed E-state index contributed by atoms with van der Waals surface area (Å²) in [6.07, 6.45) is 16.3. The molecule has 1 saturated heterocycles. The molecule has 2 aromatic heterocycles. The number of unbranched alkanes of at least 4 members (excludes halogenated alkanes) is 2. The minimum absolute atomic E-state index is 0.180. The number of likely N-dealkylation sites (tertiary alicyclic amines) is 1. The Labute approximate surface area is 222 Å². The van der Waals surface area contributed by atoms with E-state index >= 15 is 0 Å². The van der Waals surface area contributed by atoms with Crippen LogP contribution in [-0.2, 0) is 0 Å². The van der Waals surface area contributed by atoms with E-state index in [4.69, 9.17) is 4.74 Å². The first-order valence-electron chi connectivity index (χ1n) is 13.6. The number of hydrogen-bond donors (Lipinski definition) is 2. The maximum atomic E-state index is 13.0. The number of pyridine rings is 1. The standard InChI is InChI=1S/C20H25N5O2.C9H21N/c1-5-7-14(3)15-9-10-24(17(15)8-6-2)20(26)23-16-11-19-21-13-22-25(19)12-18(16)27-4;1-4-6-7-8-10-9(3)5-2/h5,7-8,11-13H,6,9-10H2,1-4H3,(H,23,26);9-10H,4-8H2,1-3H3/b7-5-,15-14-,17-8+;. The van der Waals surface area contributed by atoms with Gasteiger partial charge in [0.15, 0.2) is 11.4 Å². The van der Waals surface area contributed by atoms with Crippen LogP contribution in [0.4, 0.5) is 10.5 Å². The van der Waals surface area contributed by atoms with E-state index in [1.165, 1.54) is 49.7 Å². The lowest BCUT2D eigenvalue weighted by Crippen LogP contribution is -2.31. The topological polar surface area (TPSA) is 83.8 Å². The number of amides is 2. The number of nitrogens with zero attached hydrogens (tertiary/aromatic N) is 4. The summed E-state index contributed by atoms with van der Waals surface area (Å²) in [6.45, 7) is 14.7. The number of ether oxygens (including phenoxy) is 1. The van der Waals surface area contributed by atoms with E-state index in [2.05, 4.69) is 67.5 Å². The van der Waals surface area contributed by atoms with Crippen LogP contribution in [0, 0.1) is 0 Å². The molecule has 1 unspecified atom stereocenters. The number of nitrogens with one attached hydrogen (secondary N) is 2. The molecule has 2 amide bonds. The van der Waals surface area contributed by atoms with E-state index in [1.807, 2.05) is 13.0 Å². The van der Waals surface area contributed by atoms with Gasteiger partial charge in [-0.25, -0.2) is 14.3 Å². The van der Waals surface area contributed by atoms with E-state index in [9.17, 15) is 4.79 Å². The van der Waals surface area contributed by atoms with Gasteiger partial charge in [-0.3, -0.25) is 4.90 Å². The second-order valence-electron chi connectivity index (χ2n) is 9.28. The summed E-state index contributed by atoms with van der Waals surface area (Å²) in [5.74, 6) is 0.530. The van der Waals surface area contributed by atoms with Crippen molar-refractivity contribution < 1.29 is 9.53 Å². The number of fused-ring (bicyclic) bond motifs is 1. The lowest BCUT2D eigenvalue weighted by Gasteiger charge is -2.20. The third-order valence-electron chi connectivity index (χ3n) is 6.45. The second kappa shape index (κ2) is 15.9. The fraction of sp³-hybridized carbons (Fsp3) is 0.552. The van der Waals surface area contributed by atoms with Crippen molar-refractivity contribution in [3.8, 4) is 5.75 Å². The van der Waals surface area contributed by atoms with E-state index < -0.39 is 0 Å². The number of carbonyl (C=O) groups excluding carboxylic acids is 1. The third-order valence-corrected chi connectivity index (χ3v) is 6.45. The molecular formula is C29H46N6O2. The van der Waals surface area contributed by atoms with Gasteiger partial charge < -0.3 is 15.4 Å². The van der Waals surface area contributed by atoms with Gasteiger partial charge in [-0.1, -0.05) is 51.8 Å². The molecule has 2 aromatic rings. The largest absolute Gasteiger partial charge is 0.493 e. The number of carbonyl (C=O) groups is 1. The zero-order valence-electron chi connectivity index (χ0n) is 23.8. The monoisotopic (exact) mass is 510 g/mol.